The molecule has 4 nitrogen and oxygen atoms in total. The van der Waals surface area contributed by atoms with Gasteiger partial charge in [-0.3, -0.25) is 4.79 Å². The molecule has 1 aliphatic rings. The normalized spacial score (nSPS) is 17.2. The molecular weight excluding hydrogens is 168 g/mol. The van der Waals surface area contributed by atoms with Gasteiger partial charge in [-0.15, -0.1) is 0 Å². The van der Waals surface area contributed by atoms with E-state index in [4.69, 9.17) is 10.5 Å². The van der Waals surface area contributed by atoms with Crippen molar-refractivity contribution in [1.29, 1.82) is 0 Å². The van der Waals surface area contributed by atoms with Crippen molar-refractivity contribution < 1.29 is 9.53 Å². The predicted molar refractivity (Wildman–Crippen MR) is 50.2 cm³/mol. The third kappa shape index (κ3) is 2.97. The van der Waals surface area contributed by atoms with Crippen molar-refractivity contribution in [2.24, 2.45) is 11.7 Å². The molecule has 13 heavy (non-hydrogen) atoms. The lowest BCUT2D eigenvalue weighted by Crippen LogP contribution is -2.52. The largest absolute Gasteiger partial charge is 0.381 e. The molecule has 0 atom stereocenters. The molecule has 1 rings (SSSR count). The van der Waals surface area contributed by atoms with Crippen molar-refractivity contribution >= 4 is 5.91 Å². The lowest BCUT2D eigenvalue weighted by atomic mass is 10.0. The smallest absolute Gasteiger partial charge is 0.224 e. The number of nitrogens with two attached hydrogens (primary N) is 1. The fraction of sp³-hybridized carbons (Fsp3) is 0.889. The summed E-state index contributed by atoms with van der Waals surface area (Å²) in [5.41, 5.74) is 5.46. The molecule has 0 spiro atoms. The van der Waals surface area contributed by atoms with Gasteiger partial charge in [-0.1, -0.05) is 0 Å². The third-order valence-corrected chi connectivity index (χ3v) is 2.31. The molecule has 0 aromatic heterocycles. The van der Waals surface area contributed by atoms with Crippen LogP contribution in [0.2, 0.25) is 0 Å². The highest BCUT2D eigenvalue weighted by atomic mass is 16.5. The van der Waals surface area contributed by atoms with Crippen molar-refractivity contribution in [2.75, 3.05) is 32.8 Å². The zero-order chi connectivity index (χ0) is 9.68. The summed E-state index contributed by atoms with van der Waals surface area (Å²) in [5, 5.41) is 0. The molecular formula is C9H18N2O2. The average molecular weight is 186 g/mol. The Morgan fingerprint density at radius 2 is 2.31 bits per heavy atom. The highest BCUT2D eigenvalue weighted by Gasteiger charge is 2.28. The number of hydrogen-bond donors (Lipinski definition) is 1. The van der Waals surface area contributed by atoms with E-state index < -0.39 is 0 Å². The van der Waals surface area contributed by atoms with Crippen LogP contribution < -0.4 is 5.73 Å². The Labute approximate surface area is 79.0 Å². The van der Waals surface area contributed by atoms with Crippen molar-refractivity contribution in [3.63, 3.8) is 0 Å². The van der Waals surface area contributed by atoms with Gasteiger partial charge in [-0.2, -0.15) is 0 Å². The van der Waals surface area contributed by atoms with Gasteiger partial charge in [0.2, 0.25) is 5.91 Å². The topological polar surface area (TPSA) is 55.6 Å². The maximum absolute atomic E-state index is 11.4. The highest BCUT2D eigenvalue weighted by molar-refractivity contribution is 5.77. The quantitative estimate of drug-likeness (QED) is 0.606. The monoisotopic (exact) mass is 186 g/mol. The lowest BCUT2D eigenvalue weighted by molar-refractivity contribution is -0.138. The zero-order valence-corrected chi connectivity index (χ0v) is 8.16. The van der Waals surface area contributed by atoms with E-state index in [0.29, 0.717) is 32.1 Å². The van der Waals surface area contributed by atoms with Crippen LogP contribution in [-0.2, 0) is 9.53 Å². The Kier molecular flexibility index (Phi) is 4.18. The fourth-order valence-electron chi connectivity index (χ4n) is 1.38. The minimum atomic E-state index is 0.193. The molecule has 0 aromatic rings. The molecule has 76 valence electrons. The SMILES string of the molecule is CCOCCC(=O)N1CC(CN)C1. The Bertz CT molecular complexity index is 167. The van der Waals surface area contributed by atoms with Crippen LogP contribution in [0.25, 0.3) is 0 Å². The molecule has 1 heterocycles. The molecule has 4 heteroatoms. The van der Waals surface area contributed by atoms with Crippen molar-refractivity contribution in [2.45, 2.75) is 13.3 Å². The van der Waals surface area contributed by atoms with Crippen LogP contribution in [0, 0.1) is 5.92 Å². The number of carbonyl (C=O) groups is 1. The summed E-state index contributed by atoms with van der Waals surface area (Å²) in [6.07, 6.45) is 0.505. The second-order valence-corrected chi connectivity index (χ2v) is 3.35. The first-order chi connectivity index (χ1) is 6.27. The van der Waals surface area contributed by atoms with Gasteiger partial charge in [0.15, 0.2) is 0 Å². The van der Waals surface area contributed by atoms with Crippen LogP contribution in [0.3, 0.4) is 0 Å². The van der Waals surface area contributed by atoms with E-state index in [0.717, 1.165) is 13.1 Å². The van der Waals surface area contributed by atoms with Gasteiger partial charge in [0.1, 0.15) is 0 Å². The van der Waals surface area contributed by atoms with Gasteiger partial charge in [0, 0.05) is 25.6 Å². The number of amides is 1. The first-order valence-electron chi connectivity index (χ1n) is 4.83. The van der Waals surface area contributed by atoms with Gasteiger partial charge in [0.25, 0.3) is 0 Å². The zero-order valence-electron chi connectivity index (χ0n) is 8.16. The van der Waals surface area contributed by atoms with E-state index in [1.807, 2.05) is 11.8 Å². The molecule has 1 fully saturated rings. The Hall–Kier alpha value is -0.610. The Balaban J connectivity index is 2.05. The van der Waals surface area contributed by atoms with Gasteiger partial charge in [-0.05, 0) is 13.5 Å². The van der Waals surface area contributed by atoms with Crippen LogP contribution in [0.5, 0.6) is 0 Å². The predicted octanol–water partition coefficient (Wildman–Crippen LogP) is -0.170. The third-order valence-electron chi connectivity index (χ3n) is 2.31. The summed E-state index contributed by atoms with van der Waals surface area (Å²) in [6, 6.07) is 0. The molecule has 0 aromatic carbocycles. The maximum atomic E-state index is 11.4. The van der Waals surface area contributed by atoms with Gasteiger partial charge in [0.05, 0.1) is 13.0 Å². The van der Waals surface area contributed by atoms with Crippen LogP contribution in [0.4, 0.5) is 0 Å². The molecule has 1 amide bonds. The summed E-state index contributed by atoms with van der Waals surface area (Å²) in [7, 11) is 0. The average Bonchev–Trinajstić information content (AvgIpc) is 2.03. The van der Waals surface area contributed by atoms with Crippen LogP contribution in [0.1, 0.15) is 13.3 Å². The second kappa shape index (κ2) is 5.19. The summed E-state index contributed by atoms with van der Waals surface area (Å²) in [4.78, 5) is 13.2. The minimum Gasteiger partial charge on any atom is -0.381 e. The number of ether oxygens (including phenoxy) is 1. The summed E-state index contributed by atoms with van der Waals surface area (Å²) < 4.78 is 5.10. The van der Waals surface area contributed by atoms with Crippen LogP contribution >= 0.6 is 0 Å². The van der Waals surface area contributed by atoms with E-state index in [2.05, 4.69) is 0 Å². The molecule has 0 radical (unpaired) electrons. The number of hydrogen-bond acceptors (Lipinski definition) is 3. The summed E-state index contributed by atoms with van der Waals surface area (Å²) >= 11 is 0. The number of rotatable bonds is 5. The minimum absolute atomic E-state index is 0.193. The van der Waals surface area contributed by atoms with Gasteiger partial charge >= 0.3 is 0 Å². The fourth-order valence-corrected chi connectivity index (χ4v) is 1.38. The molecule has 0 unspecified atom stereocenters. The van der Waals surface area contributed by atoms with E-state index >= 15 is 0 Å². The van der Waals surface area contributed by atoms with Crippen molar-refractivity contribution in [1.82, 2.24) is 4.90 Å². The van der Waals surface area contributed by atoms with Crippen molar-refractivity contribution in [3.8, 4) is 0 Å². The molecule has 1 aliphatic heterocycles. The molecule has 2 N–H and O–H groups in total. The first kappa shape index (κ1) is 10.5. The van der Waals surface area contributed by atoms with E-state index in [-0.39, 0.29) is 5.91 Å². The Morgan fingerprint density at radius 1 is 1.62 bits per heavy atom. The van der Waals surface area contributed by atoms with Crippen LogP contribution in [0.15, 0.2) is 0 Å². The van der Waals surface area contributed by atoms with E-state index in [1.165, 1.54) is 0 Å². The van der Waals surface area contributed by atoms with Gasteiger partial charge in [-0.25, -0.2) is 0 Å². The number of carbonyl (C=O) groups excluding carboxylic acids is 1. The van der Waals surface area contributed by atoms with Gasteiger partial charge < -0.3 is 15.4 Å². The Morgan fingerprint density at radius 3 is 2.85 bits per heavy atom. The maximum Gasteiger partial charge on any atom is 0.224 e. The van der Waals surface area contributed by atoms with Crippen LogP contribution in [-0.4, -0.2) is 43.7 Å². The molecule has 0 aliphatic carbocycles. The highest BCUT2D eigenvalue weighted by Crippen LogP contribution is 2.14. The number of nitrogens with zero attached hydrogens (tertiary/aromatic N) is 1. The van der Waals surface area contributed by atoms with Crippen molar-refractivity contribution in [3.05, 3.63) is 0 Å². The number of likely N-dealkylation sites (tertiary alicyclic amines) is 1. The van der Waals surface area contributed by atoms with E-state index in [9.17, 15) is 4.79 Å². The molecule has 0 saturated carbocycles. The molecule has 1 saturated heterocycles. The van der Waals surface area contributed by atoms with E-state index in [1.54, 1.807) is 0 Å². The molecule has 0 bridgehead atoms. The first-order valence-corrected chi connectivity index (χ1v) is 4.83. The standard InChI is InChI=1S/C9H18N2O2/c1-2-13-4-3-9(12)11-6-8(5-10)7-11/h8H,2-7,10H2,1H3. The summed E-state index contributed by atoms with van der Waals surface area (Å²) in [6.45, 7) is 5.51. The lowest BCUT2D eigenvalue weighted by Gasteiger charge is -2.38. The second-order valence-electron chi connectivity index (χ2n) is 3.35. The summed E-state index contributed by atoms with van der Waals surface area (Å²) in [5.74, 6) is 0.717.